The second-order valence-electron chi connectivity index (χ2n) is 4.73. The molecule has 3 nitrogen and oxygen atoms in total. The van der Waals surface area contributed by atoms with E-state index in [0.29, 0.717) is 23.4 Å². The topological polar surface area (TPSA) is 43.8 Å². The molecule has 1 unspecified atom stereocenters. The molecule has 102 valence electrons. The Kier molecular flexibility index (Phi) is 4.22. The Morgan fingerprint density at radius 3 is 2.63 bits per heavy atom. The van der Waals surface area contributed by atoms with E-state index in [1.807, 2.05) is 20.0 Å². The molecule has 0 amide bonds. The zero-order chi connectivity index (χ0) is 14.0. The lowest BCUT2D eigenvalue weighted by Gasteiger charge is -2.12. The summed E-state index contributed by atoms with van der Waals surface area (Å²) in [4.78, 5) is 0. The van der Waals surface area contributed by atoms with Gasteiger partial charge in [-0.2, -0.15) is 5.10 Å². The lowest BCUT2D eigenvalue weighted by molar-refractivity contribution is 0.571. The monoisotopic (exact) mass is 281 g/mol. The van der Waals surface area contributed by atoms with Gasteiger partial charge in [0.25, 0.3) is 0 Å². The lowest BCUT2D eigenvalue weighted by atomic mass is 10.0. The standard InChI is InChI=1S/C14H17ClFN3/c1-9-14(15)13(19(2)18-9)8-11(17)7-10-5-3-4-6-12(10)16/h3-6,11H,7-8,17H2,1-2H3. The summed E-state index contributed by atoms with van der Waals surface area (Å²) in [6, 6.07) is 6.50. The van der Waals surface area contributed by atoms with Crippen molar-refractivity contribution in [2.75, 3.05) is 0 Å². The molecular formula is C14H17ClFN3. The predicted molar refractivity (Wildman–Crippen MR) is 74.7 cm³/mol. The van der Waals surface area contributed by atoms with Crippen LogP contribution in [-0.2, 0) is 19.9 Å². The SMILES string of the molecule is Cc1nn(C)c(CC(N)Cc2ccccc2F)c1Cl. The number of nitrogens with two attached hydrogens (primary N) is 1. The molecule has 0 aliphatic rings. The van der Waals surface area contributed by atoms with Crippen LogP contribution in [-0.4, -0.2) is 15.8 Å². The maximum absolute atomic E-state index is 13.6. The summed E-state index contributed by atoms with van der Waals surface area (Å²) in [5.41, 5.74) is 8.40. The highest BCUT2D eigenvalue weighted by molar-refractivity contribution is 6.31. The van der Waals surface area contributed by atoms with E-state index in [1.165, 1.54) is 6.07 Å². The highest BCUT2D eigenvalue weighted by atomic mass is 35.5. The molecule has 1 atom stereocenters. The molecule has 0 fully saturated rings. The van der Waals surface area contributed by atoms with Gasteiger partial charge < -0.3 is 5.73 Å². The molecule has 0 aliphatic heterocycles. The zero-order valence-corrected chi connectivity index (χ0v) is 11.8. The first-order valence-electron chi connectivity index (χ1n) is 6.16. The number of hydrogen-bond donors (Lipinski definition) is 1. The lowest BCUT2D eigenvalue weighted by Crippen LogP contribution is -2.27. The molecule has 5 heteroatoms. The Labute approximate surface area is 117 Å². The fourth-order valence-electron chi connectivity index (χ4n) is 2.17. The largest absolute Gasteiger partial charge is 0.327 e. The van der Waals surface area contributed by atoms with Crippen LogP contribution in [0.1, 0.15) is 17.0 Å². The molecular weight excluding hydrogens is 265 g/mol. The maximum Gasteiger partial charge on any atom is 0.126 e. The predicted octanol–water partition coefficient (Wildman–Crippen LogP) is 2.63. The molecule has 2 N–H and O–H groups in total. The minimum atomic E-state index is -0.217. The number of benzene rings is 1. The second-order valence-corrected chi connectivity index (χ2v) is 5.11. The van der Waals surface area contributed by atoms with Gasteiger partial charge in [-0.15, -0.1) is 0 Å². The molecule has 1 heterocycles. The quantitative estimate of drug-likeness (QED) is 0.936. The Balaban J connectivity index is 2.10. The van der Waals surface area contributed by atoms with E-state index >= 15 is 0 Å². The first-order chi connectivity index (χ1) is 8.99. The summed E-state index contributed by atoms with van der Waals surface area (Å²) in [5.74, 6) is -0.217. The Bertz CT molecular complexity index is 580. The highest BCUT2D eigenvalue weighted by Crippen LogP contribution is 2.21. The van der Waals surface area contributed by atoms with E-state index in [0.717, 1.165) is 11.4 Å². The van der Waals surface area contributed by atoms with E-state index < -0.39 is 0 Å². The molecule has 2 aromatic rings. The molecule has 19 heavy (non-hydrogen) atoms. The first-order valence-corrected chi connectivity index (χ1v) is 6.53. The van der Waals surface area contributed by atoms with Crippen LogP contribution < -0.4 is 5.73 Å². The maximum atomic E-state index is 13.6. The van der Waals surface area contributed by atoms with Crippen molar-refractivity contribution < 1.29 is 4.39 Å². The number of hydrogen-bond acceptors (Lipinski definition) is 2. The molecule has 0 saturated carbocycles. The average molecular weight is 282 g/mol. The van der Waals surface area contributed by atoms with E-state index in [9.17, 15) is 4.39 Å². The van der Waals surface area contributed by atoms with Gasteiger partial charge in [0.2, 0.25) is 0 Å². The van der Waals surface area contributed by atoms with Crippen LogP contribution in [0.25, 0.3) is 0 Å². The third-order valence-electron chi connectivity index (χ3n) is 3.16. The van der Waals surface area contributed by atoms with Crippen LogP contribution in [0.4, 0.5) is 4.39 Å². The van der Waals surface area contributed by atoms with Gasteiger partial charge in [0, 0.05) is 19.5 Å². The second kappa shape index (κ2) is 5.72. The van der Waals surface area contributed by atoms with E-state index in [-0.39, 0.29) is 11.9 Å². The third kappa shape index (κ3) is 3.14. The van der Waals surface area contributed by atoms with Gasteiger partial charge in [-0.1, -0.05) is 29.8 Å². The smallest absolute Gasteiger partial charge is 0.126 e. The fraction of sp³-hybridized carbons (Fsp3) is 0.357. The first kappa shape index (κ1) is 14.0. The summed E-state index contributed by atoms with van der Waals surface area (Å²) in [5, 5.41) is 4.89. The van der Waals surface area contributed by atoms with Gasteiger partial charge in [0.15, 0.2) is 0 Å². The van der Waals surface area contributed by atoms with E-state index in [2.05, 4.69) is 5.10 Å². The summed E-state index contributed by atoms with van der Waals surface area (Å²) < 4.78 is 15.3. The summed E-state index contributed by atoms with van der Waals surface area (Å²) in [7, 11) is 1.84. The van der Waals surface area contributed by atoms with Gasteiger partial charge >= 0.3 is 0 Å². The fourth-order valence-corrected chi connectivity index (χ4v) is 2.41. The van der Waals surface area contributed by atoms with E-state index in [1.54, 1.807) is 16.8 Å². The van der Waals surface area contributed by atoms with Crippen LogP contribution in [0.3, 0.4) is 0 Å². The van der Waals surface area contributed by atoms with E-state index in [4.69, 9.17) is 17.3 Å². The van der Waals surface area contributed by atoms with Gasteiger partial charge in [-0.25, -0.2) is 4.39 Å². The van der Waals surface area contributed by atoms with Gasteiger partial charge in [-0.05, 0) is 25.0 Å². The van der Waals surface area contributed by atoms with Crippen molar-refractivity contribution in [1.82, 2.24) is 9.78 Å². The van der Waals surface area contributed by atoms with Gasteiger partial charge in [0.1, 0.15) is 5.82 Å². The minimum absolute atomic E-state index is 0.191. The number of halogens is 2. The van der Waals surface area contributed by atoms with Crippen LogP contribution in [0.2, 0.25) is 5.02 Å². The van der Waals surface area contributed by atoms with Crippen LogP contribution in [0.15, 0.2) is 24.3 Å². The molecule has 0 spiro atoms. The van der Waals surface area contributed by atoms with Crippen LogP contribution in [0.5, 0.6) is 0 Å². The van der Waals surface area contributed by atoms with Crippen molar-refractivity contribution in [2.45, 2.75) is 25.8 Å². The van der Waals surface area contributed by atoms with Crippen molar-refractivity contribution in [3.8, 4) is 0 Å². The normalized spacial score (nSPS) is 12.7. The zero-order valence-electron chi connectivity index (χ0n) is 11.0. The van der Waals surface area contributed by atoms with Crippen LogP contribution >= 0.6 is 11.6 Å². The average Bonchev–Trinajstić information content (AvgIpc) is 2.59. The summed E-state index contributed by atoms with van der Waals surface area (Å²) in [6.07, 6.45) is 1.05. The third-order valence-corrected chi connectivity index (χ3v) is 3.65. The number of rotatable bonds is 4. The van der Waals surface area contributed by atoms with Crippen LogP contribution in [0, 0.1) is 12.7 Å². The summed E-state index contributed by atoms with van der Waals surface area (Å²) >= 11 is 6.18. The molecule has 2 rings (SSSR count). The molecule has 0 aliphatic carbocycles. The molecule has 1 aromatic carbocycles. The van der Waals surface area contributed by atoms with Crippen molar-refractivity contribution in [3.63, 3.8) is 0 Å². The highest BCUT2D eigenvalue weighted by Gasteiger charge is 2.15. The number of aromatic nitrogens is 2. The Morgan fingerprint density at radius 2 is 2.05 bits per heavy atom. The molecule has 0 saturated heterocycles. The molecule has 1 aromatic heterocycles. The Hall–Kier alpha value is -1.39. The minimum Gasteiger partial charge on any atom is -0.327 e. The van der Waals surface area contributed by atoms with Crippen molar-refractivity contribution in [3.05, 3.63) is 52.1 Å². The van der Waals surface area contributed by atoms with Crippen molar-refractivity contribution >= 4 is 11.6 Å². The van der Waals surface area contributed by atoms with Crippen molar-refractivity contribution in [2.24, 2.45) is 12.8 Å². The summed E-state index contributed by atoms with van der Waals surface area (Å²) in [6.45, 7) is 1.86. The molecule has 0 radical (unpaired) electrons. The molecule has 0 bridgehead atoms. The van der Waals surface area contributed by atoms with Gasteiger partial charge in [-0.3, -0.25) is 4.68 Å². The van der Waals surface area contributed by atoms with Gasteiger partial charge in [0.05, 0.1) is 16.4 Å². The van der Waals surface area contributed by atoms with Crippen molar-refractivity contribution in [1.29, 1.82) is 0 Å². The number of aryl methyl sites for hydroxylation is 2. The Morgan fingerprint density at radius 1 is 1.37 bits per heavy atom. The number of nitrogens with zero attached hydrogens (tertiary/aromatic N) is 2.